The van der Waals surface area contributed by atoms with E-state index in [9.17, 15) is 9.59 Å². The Labute approximate surface area is 185 Å². The molecule has 2 aromatic carbocycles. The first-order valence-electron chi connectivity index (χ1n) is 9.75. The van der Waals surface area contributed by atoms with Gasteiger partial charge in [-0.2, -0.15) is 5.26 Å². The normalized spacial score (nSPS) is 20.8. The molecule has 2 saturated heterocycles. The van der Waals surface area contributed by atoms with E-state index < -0.39 is 6.04 Å². The van der Waals surface area contributed by atoms with Gasteiger partial charge in [0.15, 0.2) is 0 Å². The van der Waals surface area contributed by atoms with Gasteiger partial charge in [0.1, 0.15) is 6.04 Å². The zero-order valence-corrected chi connectivity index (χ0v) is 17.9. The van der Waals surface area contributed by atoms with Crippen LogP contribution in [0, 0.1) is 11.3 Å². The van der Waals surface area contributed by atoms with Gasteiger partial charge in [-0.1, -0.05) is 42.3 Å². The number of likely N-dealkylation sites (N-methyl/N-ethyl adjacent to an activating group) is 1. The number of fused-ring (bicyclic) bond motifs is 1. The number of carbonyl (C=O) groups excluding carboxylic acids is 2. The van der Waals surface area contributed by atoms with E-state index in [2.05, 4.69) is 17.9 Å². The van der Waals surface area contributed by atoms with Gasteiger partial charge in [-0.25, -0.2) is 9.69 Å². The van der Waals surface area contributed by atoms with Crippen LogP contribution in [0.2, 0.25) is 10.0 Å². The van der Waals surface area contributed by atoms with Gasteiger partial charge in [0, 0.05) is 29.2 Å². The van der Waals surface area contributed by atoms with Crippen molar-refractivity contribution >= 4 is 40.8 Å². The van der Waals surface area contributed by atoms with Crippen molar-refractivity contribution in [3.8, 4) is 6.07 Å². The third-order valence-corrected chi connectivity index (χ3v) is 6.15. The number of benzene rings is 2. The predicted molar refractivity (Wildman–Crippen MR) is 115 cm³/mol. The summed E-state index contributed by atoms with van der Waals surface area (Å²) in [7, 11) is 0. The van der Waals surface area contributed by atoms with E-state index in [0.717, 1.165) is 12.1 Å². The molecule has 0 spiro atoms. The predicted octanol–water partition coefficient (Wildman–Crippen LogP) is 4.30. The molecule has 8 heteroatoms. The number of carbonyl (C=O) groups is 2. The number of amides is 3. The minimum absolute atomic E-state index is 0.0913. The molecule has 2 atom stereocenters. The van der Waals surface area contributed by atoms with Crippen molar-refractivity contribution in [1.29, 1.82) is 5.26 Å². The molecule has 0 N–H and O–H groups in total. The Balaban J connectivity index is 1.49. The van der Waals surface area contributed by atoms with E-state index >= 15 is 0 Å². The number of rotatable bonds is 5. The number of nitriles is 1. The van der Waals surface area contributed by atoms with Crippen LogP contribution < -0.4 is 4.90 Å². The summed E-state index contributed by atoms with van der Waals surface area (Å²) in [6.07, 6.45) is 0.583. The van der Waals surface area contributed by atoms with Gasteiger partial charge in [-0.05, 0) is 48.9 Å². The zero-order valence-electron chi connectivity index (χ0n) is 16.4. The molecule has 0 radical (unpaired) electrons. The van der Waals surface area contributed by atoms with Gasteiger partial charge < -0.3 is 4.90 Å². The number of imide groups is 1. The monoisotopic (exact) mass is 442 g/mol. The summed E-state index contributed by atoms with van der Waals surface area (Å²) in [6, 6.07) is 13.6. The SMILES string of the molecule is CCN(Cc1ccc(C#N)cc1)[C@H]1C[C@H]2C(=O)N(c3cc(Cl)cc(Cl)c3)C(=O)N2C1. The number of nitrogens with zero attached hydrogens (tertiary/aromatic N) is 4. The first-order valence-corrected chi connectivity index (χ1v) is 10.5. The van der Waals surface area contributed by atoms with Crippen LogP contribution in [0.25, 0.3) is 0 Å². The second kappa shape index (κ2) is 8.27. The van der Waals surface area contributed by atoms with Crippen molar-refractivity contribution < 1.29 is 9.59 Å². The lowest BCUT2D eigenvalue weighted by Crippen LogP contribution is -2.41. The van der Waals surface area contributed by atoms with Gasteiger partial charge in [0.25, 0.3) is 5.91 Å². The Morgan fingerprint density at radius 1 is 1.13 bits per heavy atom. The van der Waals surface area contributed by atoms with Crippen molar-refractivity contribution in [2.24, 2.45) is 0 Å². The molecule has 2 aliphatic heterocycles. The van der Waals surface area contributed by atoms with Crippen LogP contribution in [-0.2, 0) is 11.3 Å². The summed E-state index contributed by atoms with van der Waals surface area (Å²) >= 11 is 12.1. The summed E-state index contributed by atoms with van der Waals surface area (Å²) in [5, 5.41) is 9.71. The third-order valence-electron chi connectivity index (χ3n) is 5.72. The van der Waals surface area contributed by atoms with Gasteiger partial charge in [0.05, 0.1) is 17.3 Å². The van der Waals surface area contributed by atoms with Crippen molar-refractivity contribution in [2.45, 2.75) is 32.0 Å². The molecule has 30 heavy (non-hydrogen) atoms. The van der Waals surface area contributed by atoms with Crippen LogP contribution in [0.5, 0.6) is 0 Å². The summed E-state index contributed by atoms with van der Waals surface area (Å²) in [5.41, 5.74) is 2.12. The maximum Gasteiger partial charge on any atom is 0.332 e. The lowest BCUT2D eigenvalue weighted by Gasteiger charge is -2.28. The second-order valence-corrected chi connectivity index (χ2v) is 8.39. The Bertz CT molecular complexity index is 990. The fourth-order valence-electron chi connectivity index (χ4n) is 4.22. The van der Waals surface area contributed by atoms with Crippen LogP contribution in [-0.4, -0.2) is 46.9 Å². The van der Waals surface area contributed by atoms with E-state index in [0.29, 0.717) is 40.8 Å². The van der Waals surface area contributed by atoms with Crippen LogP contribution in [0.3, 0.4) is 0 Å². The molecule has 2 aliphatic rings. The minimum atomic E-state index is -0.477. The molecule has 0 aromatic heterocycles. The number of halogens is 2. The van der Waals surface area contributed by atoms with Crippen LogP contribution >= 0.6 is 23.2 Å². The highest BCUT2D eigenvalue weighted by Gasteiger charge is 2.52. The molecule has 154 valence electrons. The number of urea groups is 1. The molecule has 0 aliphatic carbocycles. The zero-order chi connectivity index (χ0) is 21.4. The first kappa shape index (κ1) is 20.7. The highest BCUT2D eigenvalue weighted by atomic mass is 35.5. The lowest BCUT2D eigenvalue weighted by molar-refractivity contribution is -0.119. The van der Waals surface area contributed by atoms with Gasteiger partial charge in [-0.3, -0.25) is 9.69 Å². The molecule has 4 rings (SSSR count). The smallest absolute Gasteiger partial charge is 0.310 e. The molecular formula is C22H20Cl2N4O2. The Morgan fingerprint density at radius 2 is 1.80 bits per heavy atom. The van der Waals surface area contributed by atoms with Gasteiger partial charge in [0.2, 0.25) is 0 Å². The molecular weight excluding hydrogens is 423 g/mol. The van der Waals surface area contributed by atoms with Crippen LogP contribution in [0.1, 0.15) is 24.5 Å². The molecule has 2 fully saturated rings. The Hall–Kier alpha value is -2.59. The maximum absolute atomic E-state index is 13.0. The first-order chi connectivity index (χ1) is 14.4. The average molecular weight is 443 g/mol. The lowest BCUT2D eigenvalue weighted by atomic mass is 10.1. The summed E-state index contributed by atoms with van der Waals surface area (Å²) in [5.74, 6) is -0.241. The Morgan fingerprint density at radius 3 is 2.37 bits per heavy atom. The average Bonchev–Trinajstić information content (AvgIpc) is 3.25. The van der Waals surface area contributed by atoms with Crippen molar-refractivity contribution in [3.63, 3.8) is 0 Å². The topological polar surface area (TPSA) is 67.6 Å². The molecule has 2 aromatic rings. The van der Waals surface area contributed by atoms with E-state index in [-0.39, 0.29) is 18.0 Å². The minimum Gasteiger partial charge on any atom is -0.310 e. The van der Waals surface area contributed by atoms with Gasteiger partial charge >= 0.3 is 6.03 Å². The van der Waals surface area contributed by atoms with Gasteiger partial charge in [-0.15, -0.1) is 0 Å². The number of anilines is 1. The second-order valence-electron chi connectivity index (χ2n) is 7.51. The fourth-order valence-corrected chi connectivity index (χ4v) is 4.73. The molecule has 6 nitrogen and oxygen atoms in total. The van der Waals surface area contributed by atoms with E-state index in [1.165, 1.54) is 4.90 Å². The largest absolute Gasteiger partial charge is 0.332 e. The molecule has 0 bridgehead atoms. The van der Waals surface area contributed by atoms with Crippen molar-refractivity contribution in [2.75, 3.05) is 18.0 Å². The molecule has 3 amide bonds. The van der Waals surface area contributed by atoms with Crippen LogP contribution in [0.4, 0.5) is 10.5 Å². The third kappa shape index (κ3) is 3.77. The van der Waals surface area contributed by atoms with E-state index in [1.54, 1.807) is 35.2 Å². The Kier molecular flexibility index (Phi) is 5.70. The molecule has 0 saturated carbocycles. The highest BCUT2D eigenvalue weighted by Crippen LogP contribution is 2.35. The van der Waals surface area contributed by atoms with E-state index in [1.807, 2.05) is 12.1 Å². The molecule has 0 unspecified atom stereocenters. The maximum atomic E-state index is 13.0. The number of hydrogen-bond acceptors (Lipinski definition) is 4. The van der Waals surface area contributed by atoms with Crippen LogP contribution in [0.15, 0.2) is 42.5 Å². The van der Waals surface area contributed by atoms with Crippen molar-refractivity contribution in [1.82, 2.24) is 9.80 Å². The summed E-state index contributed by atoms with van der Waals surface area (Å²) < 4.78 is 0. The number of hydrogen-bond donors (Lipinski definition) is 0. The fraction of sp³-hybridized carbons (Fsp3) is 0.318. The quantitative estimate of drug-likeness (QED) is 0.647. The standard InChI is InChI=1S/C22H20Cl2N4O2/c1-2-26(12-15-5-3-14(11-25)4-6-15)19-10-20-21(29)28(22(30)27(20)13-19)18-8-16(23)7-17(24)9-18/h3-9,19-20H,2,10,12-13H2,1H3/t19-,20-/m0/s1. The molecule has 2 heterocycles. The summed E-state index contributed by atoms with van der Waals surface area (Å²) in [4.78, 5) is 31.1. The van der Waals surface area contributed by atoms with E-state index in [4.69, 9.17) is 28.5 Å². The van der Waals surface area contributed by atoms with Crippen molar-refractivity contribution in [3.05, 3.63) is 63.6 Å². The highest BCUT2D eigenvalue weighted by molar-refractivity contribution is 6.35. The summed E-state index contributed by atoms with van der Waals surface area (Å²) in [6.45, 7) is 4.05.